The molecule has 1 saturated heterocycles. The fourth-order valence-electron chi connectivity index (χ4n) is 3.33. The maximum atomic E-state index is 12.5. The molecule has 2 fully saturated rings. The molecular weight excluding hydrogens is 513 g/mol. The van der Waals surface area contributed by atoms with Crippen molar-refractivity contribution in [1.29, 1.82) is 0 Å². The molecule has 180 valence electrons. The summed E-state index contributed by atoms with van der Waals surface area (Å²) in [6.07, 6.45) is 3.24. The van der Waals surface area contributed by atoms with Crippen LogP contribution in [0.1, 0.15) is 60.3 Å². The number of carbonyl (C=O) groups is 2. The first-order chi connectivity index (χ1) is 14.2. The number of likely N-dealkylation sites (tertiary alicyclic amines) is 1. The van der Waals surface area contributed by atoms with E-state index in [0.717, 1.165) is 38.2 Å². The average molecular weight is 553 g/mol. The third kappa shape index (κ3) is 10.1. The van der Waals surface area contributed by atoms with Gasteiger partial charge in [0.25, 0.3) is 0 Å². The highest BCUT2D eigenvalue weighted by atomic mass is 127. The lowest BCUT2D eigenvalue weighted by Crippen LogP contribution is -2.50. The lowest BCUT2D eigenvalue weighted by Gasteiger charge is -2.32. The molecule has 9 nitrogen and oxygen atoms in total. The van der Waals surface area contributed by atoms with Crippen LogP contribution in [0.3, 0.4) is 0 Å². The number of hydrogen-bond donors (Lipinski definition) is 2. The molecule has 2 amide bonds. The van der Waals surface area contributed by atoms with Crippen LogP contribution in [-0.4, -0.2) is 85.0 Å². The van der Waals surface area contributed by atoms with Gasteiger partial charge in [0, 0.05) is 38.3 Å². The normalized spacial score (nSPS) is 17.5. The van der Waals surface area contributed by atoms with Crippen LogP contribution in [0.5, 0.6) is 0 Å². The first kappa shape index (κ1) is 27.6. The van der Waals surface area contributed by atoms with E-state index in [1.165, 1.54) is 0 Å². The Morgan fingerprint density at radius 2 is 1.77 bits per heavy atom. The van der Waals surface area contributed by atoms with Crippen molar-refractivity contribution < 1.29 is 19.1 Å². The maximum absolute atomic E-state index is 12.5. The van der Waals surface area contributed by atoms with E-state index >= 15 is 0 Å². The van der Waals surface area contributed by atoms with Crippen LogP contribution in [0.15, 0.2) is 4.99 Å². The molecule has 0 aromatic carbocycles. The number of hydrogen-bond acceptors (Lipinski definition) is 5. The second-order valence-corrected chi connectivity index (χ2v) is 8.77. The molecule has 0 unspecified atom stereocenters. The van der Waals surface area contributed by atoms with Gasteiger partial charge in [0.15, 0.2) is 5.96 Å². The van der Waals surface area contributed by atoms with Crippen molar-refractivity contribution in [2.24, 2.45) is 4.99 Å². The molecule has 1 aliphatic heterocycles. The van der Waals surface area contributed by atoms with E-state index in [1.807, 2.05) is 34.6 Å². The van der Waals surface area contributed by atoms with Crippen LogP contribution in [-0.2, 0) is 9.47 Å². The van der Waals surface area contributed by atoms with Crippen LogP contribution in [0.4, 0.5) is 9.59 Å². The van der Waals surface area contributed by atoms with E-state index in [0.29, 0.717) is 32.8 Å². The molecule has 31 heavy (non-hydrogen) atoms. The standard InChI is InChI=1S/C21H39N5O4.HI/c1-6-22-18(24-16-10-13-25(14-11-16)19(27)29-7-2)23-12-15-26(17-8-9-17)20(28)30-21(3,4)5;/h16-17H,6-15H2,1-5H3,(H2,22,23,24);1H. The highest BCUT2D eigenvalue weighted by Gasteiger charge is 2.34. The fourth-order valence-corrected chi connectivity index (χ4v) is 3.33. The highest BCUT2D eigenvalue weighted by Crippen LogP contribution is 2.28. The first-order valence-electron chi connectivity index (χ1n) is 11.2. The summed E-state index contributed by atoms with van der Waals surface area (Å²) in [5.41, 5.74) is -0.498. The van der Waals surface area contributed by atoms with Gasteiger partial charge in [-0.15, -0.1) is 24.0 Å². The van der Waals surface area contributed by atoms with Crippen molar-refractivity contribution in [3.8, 4) is 0 Å². The number of amides is 2. The van der Waals surface area contributed by atoms with Crippen LogP contribution >= 0.6 is 24.0 Å². The predicted molar refractivity (Wildman–Crippen MR) is 132 cm³/mol. The van der Waals surface area contributed by atoms with E-state index in [1.54, 1.807) is 9.80 Å². The summed E-state index contributed by atoms with van der Waals surface area (Å²) in [6.45, 7) is 13.0. The Hall–Kier alpha value is -1.46. The second-order valence-electron chi connectivity index (χ2n) is 8.77. The van der Waals surface area contributed by atoms with Crippen molar-refractivity contribution in [3.05, 3.63) is 0 Å². The molecule has 10 heteroatoms. The Kier molecular flexibility index (Phi) is 11.7. The monoisotopic (exact) mass is 553 g/mol. The van der Waals surface area contributed by atoms with Gasteiger partial charge in [0.2, 0.25) is 0 Å². The number of aliphatic imine (C=N–C) groups is 1. The molecule has 0 aromatic rings. The van der Waals surface area contributed by atoms with Gasteiger partial charge in [-0.25, -0.2) is 9.59 Å². The van der Waals surface area contributed by atoms with Crippen LogP contribution in [0.25, 0.3) is 0 Å². The van der Waals surface area contributed by atoms with Gasteiger partial charge in [-0.1, -0.05) is 0 Å². The first-order valence-corrected chi connectivity index (χ1v) is 11.2. The van der Waals surface area contributed by atoms with Gasteiger partial charge in [0.1, 0.15) is 5.60 Å². The average Bonchev–Trinajstić information content (AvgIpc) is 3.49. The zero-order valence-electron chi connectivity index (χ0n) is 19.6. The lowest BCUT2D eigenvalue weighted by molar-refractivity contribution is 0.0240. The molecule has 1 heterocycles. The second kappa shape index (κ2) is 13.2. The summed E-state index contributed by atoms with van der Waals surface area (Å²) >= 11 is 0. The minimum Gasteiger partial charge on any atom is -0.450 e. The molecule has 1 aliphatic carbocycles. The minimum absolute atomic E-state index is 0. The van der Waals surface area contributed by atoms with E-state index in [2.05, 4.69) is 15.6 Å². The molecule has 0 atom stereocenters. The van der Waals surface area contributed by atoms with Gasteiger partial charge in [-0.05, 0) is 60.3 Å². The number of ether oxygens (including phenoxy) is 2. The van der Waals surface area contributed by atoms with E-state index in [-0.39, 0.29) is 48.2 Å². The Morgan fingerprint density at radius 1 is 1.13 bits per heavy atom. The maximum Gasteiger partial charge on any atom is 0.410 e. The summed E-state index contributed by atoms with van der Waals surface area (Å²) in [6, 6.07) is 0.525. The van der Waals surface area contributed by atoms with Crippen molar-refractivity contribution in [1.82, 2.24) is 20.4 Å². The van der Waals surface area contributed by atoms with Crippen molar-refractivity contribution >= 4 is 42.1 Å². The number of piperidine rings is 1. The molecule has 0 bridgehead atoms. The molecule has 2 aliphatic rings. The third-order valence-electron chi connectivity index (χ3n) is 4.93. The van der Waals surface area contributed by atoms with Crippen molar-refractivity contribution in [2.75, 3.05) is 39.3 Å². The molecule has 0 spiro atoms. The largest absolute Gasteiger partial charge is 0.450 e. The summed E-state index contributed by atoms with van der Waals surface area (Å²) in [7, 11) is 0. The summed E-state index contributed by atoms with van der Waals surface area (Å²) in [5, 5.41) is 6.73. The smallest absolute Gasteiger partial charge is 0.410 e. The summed E-state index contributed by atoms with van der Waals surface area (Å²) < 4.78 is 10.6. The fraction of sp³-hybridized carbons (Fsp3) is 0.857. The Balaban J connectivity index is 0.00000480. The predicted octanol–water partition coefficient (Wildman–Crippen LogP) is 3.18. The molecule has 0 radical (unpaired) electrons. The Morgan fingerprint density at radius 3 is 2.29 bits per heavy atom. The minimum atomic E-state index is -0.498. The van der Waals surface area contributed by atoms with E-state index < -0.39 is 5.60 Å². The van der Waals surface area contributed by atoms with E-state index in [9.17, 15) is 9.59 Å². The quantitative estimate of drug-likeness (QED) is 0.286. The Labute approximate surface area is 203 Å². The Bertz CT molecular complexity index is 599. The van der Waals surface area contributed by atoms with Gasteiger partial charge >= 0.3 is 12.2 Å². The SMILES string of the molecule is CCNC(=NCCN(C(=O)OC(C)(C)C)C1CC1)NC1CCN(C(=O)OCC)CC1.I. The number of carbonyl (C=O) groups excluding carboxylic acids is 2. The zero-order valence-corrected chi connectivity index (χ0v) is 21.9. The van der Waals surface area contributed by atoms with Gasteiger partial charge < -0.3 is 29.9 Å². The van der Waals surface area contributed by atoms with Crippen molar-refractivity contribution in [2.45, 2.75) is 78.0 Å². The molecule has 0 aromatic heterocycles. The third-order valence-corrected chi connectivity index (χ3v) is 4.93. The molecule has 2 rings (SSSR count). The molecular formula is C21H40IN5O4. The van der Waals surface area contributed by atoms with E-state index in [4.69, 9.17) is 9.47 Å². The number of nitrogens with one attached hydrogen (secondary N) is 2. The van der Waals surface area contributed by atoms with Crippen LogP contribution in [0.2, 0.25) is 0 Å². The molecule has 2 N–H and O–H groups in total. The van der Waals surface area contributed by atoms with Gasteiger partial charge in [-0.3, -0.25) is 4.99 Å². The van der Waals surface area contributed by atoms with Crippen molar-refractivity contribution in [3.63, 3.8) is 0 Å². The lowest BCUT2D eigenvalue weighted by atomic mass is 10.1. The number of nitrogens with zero attached hydrogens (tertiary/aromatic N) is 3. The summed E-state index contributed by atoms with van der Waals surface area (Å²) in [4.78, 5) is 32.5. The number of guanidine groups is 1. The topological polar surface area (TPSA) is 95.5 Å². The molecule has 1 saturated carbocycles. The summed E-state index contributed by atoms with van der Waals surface area (Å²) in [5.74, 6) is 0.743. The number of rotatable bonds is 7. The zero-order chi connectivity index (χ0) is 22.1. The highest BCUT2D eigenvalue weighted by molar-refractivity contribution is 14.0. The van der Waals surface area contributed by atoms with Gasteiger partial charge in [-0.2, -0.15) is 0 Å². The number of halogens is 1. The van der Waals surface area contributed by atoms with Crippen LogP contribution in [0, 0.1) is 0 Å². The van der Waals surface area contributed by atoms with Crippen LogP contribution < -0.4 is 10.6 Å². The van der Waals surface area contributed by atoms with Gasteiger partial charge in [0.05, 0.1) is 13.2 Å².